The SMILES string of the molecule is COc1ccc2c(c1CN1CCNCC1)O/C(=C\c1c[nH]c3ncccc13)C2=O.COc1ccc2c(c1CN1CCOCC1)O/C(=C\c1c[nH]c3ncccc13)C2=O.O=C1/C(=C/C2=CCc3ccccc32)Oc2c(CN3CCNCC3)cccc21.O=C1/C(=C/C2=CCc3ccccc32)Oc2c1ccc(O)c2CN1CCCCCC1.O=C1/C(=C/c2c[nH]c3ncc(Br)cc23)Oc2c1ccc(O)c2CN1CCNCC1. The molecule has 0 amide bonds. The van der Waals surface area contributed by atoms with Crippen molar-refractivity contribution >= 4 is 107 Å². The maximum atomic E-state index is 13.0. The molecule has 0 unspecified atom stereocenters. The van der Waals surface area contributed by atoms with Gasteiger partial charge in [-0.2, -0.15) is 0 Å². The molecule has 143 heavy (non-hydrogen) atoms. The van der Waals surface area contributed by atoms with Gasteiger partial charge in [-0.15, -0.1) is 0 Å². The number of aromatic nitrogens is 6. The minimum absolute atomic E-state index is 0.0163. The number of morpholine rings is 1. The second kappa shape index (κ2) is 42.7. The highest BCUT2D eigenvalue weighted by molar-refractivity contribution is 9.10. The van der Waals surface area contributed by atoms with Gasteiger partial charge in [0.25, 0.3) is 0 Å². The van der Waals surface area contributed by atoms with E-state index in [4.69, 9.17) is 37.9 Å². The van der Waals surface area contributed by atoms with Gasteiger partial charge in [0.05, 0.1) is 77.5 Å². The van der Waals surface area contributed by atoms with Crippen molar-refractivity contribution in [1.82, 2.24) is 70.4 Å². The number of likely N-dealkylation sites (tertiary alicyclic amines) is 1. The highest BCUT2D eigenvalue weighted by Gasteiger charge is 2.39. The van der Waals surface area contributed by atoms with E-state index in [1.54, 1.807) is 93.6 Å². The van der Waals surface area contributed by atoms with Gasteiger partial charge in [-0.1, -0.05) is 85.7 Å². The summed E-state index contributed by atoms with van der Waals surface area (Å²) in [6.45, 7) is 19.9. The van der Waals surface area contributed by atoms with Gasteiger partial charge in [0.2, 0.25) is 28.9 Å². The number of hydrogen-bond donors (Lipinski definition) is 8. The van der Waals surface area contributed by atoms with E-state index in [0.717, 1.165) is 235 Å². The molecule has 0 saturated carbocycles. The lowest BCUT2D eigenvalue weighted by atomic mass is 10.0. The summed E-state index contributed by atoms with van der Waals surface area (Å²) in [5, 5.41) is 33.8. The van der Waals surface area contributed by atoms with Gasteiger partial charge in [0, 0.05) is 204 Å². The zero-order valence-corrected chi connectivity index (χ0v) is 81.1. The van der Waals surface area contributed by atoms with Crippen molar-refractivity contribution in [2.75, 3.05) is 132 Å². The van der Waals surface area contributed by atoms with E-state index in [9.17, 15) is 34.2 Å². The summed E-state index contributed by atoms with van der Waals surface area (Å²) in [6, 6.07) is 45.9. The highest BCUT2D eigenvalue weighted by Crippen LogP contribution is 2.48. The number of pyridine rings is 3. The summed E-state index contributed by atoms with van der Waals surface area (Å²) in [5.74, 6) is 5.83. The van der Waals surface area contributed by atoms with Crippen LogP contribution in [-0.4, -0.2) is 226 Å². The number of H-pyrrole nitrogens is 3. The third kappa shape index (κ3) is 20.3. The number of nitrogens with zero attached hydrogens (tertiary/aromatic N) is 8. The Morgan fingerprint density at radius 3 is 1.20 bits per heavy atom. The van der Waals surface area contributed by atoms with E-state index in [1.165, 1.54) is 42.4 Å². The Balaban J connectivity index is 0.000000106. The molecule has 30 heteroatoms. The molecule has 6 aromatic heterocycles. The lowest BCUT2D eigenvalue weighted by molar-refractivity contribution is 0.0336. The standard InChI is InChI=1S/C25H25NO3.C23H22N2O2.C22H22N4O3.C22H21N3O4.C21H19BrN4O3/c27-22-12-11-20-24(28)23(15-18-10-9-17-7-3-4-8-19(17)18)29-25(20)21(22)16-26-13-5-1-2-6-14-26;26-22-20-7-3-5-18(15-25-12-10-24-11-13-25)23(20)27-21(22)14-17-9-8-16-4-1-2-6-19(16)17;1-28-18-5-4-16-20(27)19(11-14-12-25-22-15(14)3-2-6-24-22)29-21(16)17(18)13-26-9-7-23-8-10-26;1-27-18-5-4-16-20(26)19(11-14-12-24-22-15(14)3-2-6-23-22)29-21(16)17(18)13-25-7-9-28-10-8-25;22-13-8-15-12(9-24-21(15)25-10-13)7-18-19(28)14-1-2-17(27)16(20(14)29-18)11-26-5-3-23-4-6-26/h3-4,7-8,10-12,15,27H,1-2,5-6,9,13-14,16H2;1-7,9,14,24H,8,10-13,15H2;2-6,11-12,23H,7-10,13H2,1H3,(H,24,25);2-6,11-12H,7-10,13H2,1H3,(H,23,24);1-2,7-10,23,27H,3-6,11H2,(H,24,25)/b23-15-;21-14-;2*19-11-;18-7-. The molecule has 13 aromatic rings. The molecule has 0 radical (unpaired) electrons. The number of halogens is 1. The zero-order valence-electron chi connectivity index (χ0n) is 79.5. The topological polar surface area (TPSA) is 338 Å². The second-order valence-corrected chi connectivity index (χ2v) is 37.8. The Labute approximate surface area is 834 Å². The minimum Gasteiger partial charge on any atom is -0.507 e. The first kappa shape index (κ1) is 94.7. The van der Waals surface area contributed by atoms with E-state index >= 15 is 0 Å². The molecule has 10 aliphatic heterocycles. The first-order chi connectivity index (χ1) is 70.1. The number of ether oxygens (including phenoxy) is 8. The number of para-hydroxylation sites is 1. The Morgan fingerprint density at radius 1 is 0.371 bits per heavy atom. The van der Waals surface area contributed by atoms with Gasteiger partial charge in [-0.05, 0) is 203 Å². The molecule has 5 saturated heterocycles. The Bertz CT molecular complexity index is 7200. The maximum absolute atomic E-state index is 13.0. The van der Waals surface area contributed by atoms with E-state index in [1.807, 2.05) is 97.3 Å². The number of phenols is 2. The van der Waals surface area contributed by atoms with Gasteiger partial charge >= 0.3 is 0 Å². The van der Waals surface area contributed by atoms with Crippen LogP contribution in [0.4, 0.5) is 0 Å². The van der Waals surface area contributed by atoms with E-state index in [-0.39, 0.29) is 46.2 Å². The number of benzene rings is 7. The molecule has 8 N–H and O–H groups in total. The molecule has 12 aliphatic rings. The summed E-state index contributed by atoms with van der Waals surface area (Å²) >= 11 is 3.43. The molecule has 5 fully saturated rings. The highest BCUT2D eigenvalue weighted by atomic mass is 79.9. The molecule has 25 rings (SSSR count). The van der Waals surface area contributed by atoms with Crippen LogP contribution >= 0.6 is 15.9 Å². The quantitative estimate of drug-likeness (QED) is 0.0393. The number of hydrogen-bond acceptors (Lipinski definition) is 26. The van der Waals surface area contributed by atoms with Crippen molar-refractivity contribution in [2.45, 2.75) is 71.2 Å². The van der Waals surface area contributed by atoms with Crippen molar-refractivity contribution in [2.24, 2.45) is 0 Å². The fraction of sp³-hybridized carbons (Fsp3) is 0.274. The van der Waals surface area contributed by atoms with Gasteiger partial charge in [-0.25, -0.2) is 15.0 Å². The van der Waals surface area contributed by atoms with Crippen LogP contribution in [0.5, 0.6) is 51.7 Å². The number of phenolic OH excluding ortho intramolecular Hbond substituents is 2. The summed E-state index contributed by atoms with van der Waals surface area (Å²) in [4.78, 5) is 98.8. The summed E-state index contributed by atoms with van der Waals surface area (Å²) in [5.41, 5.74) is 19.0. The van der Waals surface area contributed by atoms with Crippen LogP contribution in [0.15, 0.2) is 240 Å². The van der Waals surface area contributed by atoms with Crippen LogP contribution in [0.3, 0.4) is 0 Å². The van der Waals surface area contributed by atoms with Crippen LogP contribution < -0.4 is 49.1 Å². The first-order valence-corrected chi connectivity index (χ1v) is 49.7. The lowest BCUT2D eigenvalue weighted by Crippen LogP contribution is -2.43. The Morgan fingerprint density at radius 2 is 0.741 bits per heavy atom. The van der Waals surface area contributed by atoms with Crippen molar-refractivity contribution in [3.05, 3.63) is 335 Å². The van der Waals surface area contributed by atoms with Gasteiger partial charge in [0.15, 0.2) is 28.8 Å². The van der Waals surface area contributed by atoms with E-state index in [0.29, 0.717) is 119 Å². The predicted molar refractivity (Wildman–Crippen MR) is 550 cm³/mol. The molecular formula is C113H109BrN14O15. The first-order valence-electron chi connectivity index (χ1n) is 48.9. The van der Waals surface area contributed by atoms with E-state index < -0.39 is 0 Å². The molecule has 0 bridgehead atoms. The normalized spacial score (nSPS) is 19.1. The average Bonchev–Trinajstić information content (AvgIpc) is 1.64. The maximum Gasteiger partial charge on any atom is 0.231 e. The molecule has 0 atom stereocenters. The molecule has 7 aromatic carbocycles. The van der Waals surface area contributed by atoms with E-state index in [2.05, 4.69) is 135 Å². The fourth-order valence-electron chi connectivity index (χ4n) is 20.3. The number of aromatic hydroxyl groups is 2. The number of aromatic amines is 3. The van der Waals surface area contributed by atoms with Crippen molar-refractivity contribution in [3.63, 3.8) is 0 Å². The van der Waals surface area contributed by atoms with Crippen molar-refractivity contribution in [3.8, 4) is 51.7 Å². The number of carbonyl (C=O) groups is 5. The number of methoxy groups -OCH3 is 2. The molecule has 2 aliphatic carbocycles. The number of Topliss-reactive ketones (excluding diaryl/α,β-unsaturated/α-hetero) is 5. The smallest absolute Gasteiger partial charge is 0.231 e. The monoisotopic (exact) mass is 1980 g/mol. The van der Waals surface area contributed by atoms with Crippen LogP contribution in [-0.2, 0) is 50.3 Å². The Hall–Kier alpha value is -14.5. The summed E-state index contributed by atoms with van der Waals surface area (Å²) in [6.07, 6.45) is 30.6. The summed E-state index contributed by atoms with van der Waals surface area (Å²) in [7, 11) is 3.28. The number of piperazine rings is 3. The molecule has 16 heterocycles. The molecule has 728 valence electrons. The average molecular weight is 1980 g/mol. The van der Waals surface area contributed by atoms with Crippen LogP contribution in [0.25, 0.3) is 62.5 Å². The van der Waals surface area contributed by atoms with Crippen LogP contribution in [0, 0.1) is 0 Å². The number of ketones is 5. The third-order valence-corrected chi connectivity index (χ3v) is 28.3. The van der Waals surface area contributed by atoms with Gasteiger partial charge in [-0.3, -0.25) is 48.5 Å². The second-order valence-electron chi connectivity index (χ2n) is 36.9. The molecular weight excluding hydrogens is 1870 g/mol. The number of allylic oxidation sites excluding steroid dienone is 11. The van der Waals surface area contributed by atoms with Crippen molar-refractivity contribution in [1.29, 1.82) is 0 Å². The van der Waals surface area contributed by atoms with Gasteiger partial charge < -0.3 is 79.0 Å². The number of rotatable bonds is 17. The largest absolute Gasteiger partial charge is 0.507 e. The van der Waals surface area contributed by atoms with Gasteiger partial charge in [0.1, 0.15) is 68.7 Å². The minimum atomic E-state index is -0.182. The fourth-order valence-corrected chi connectivity index (χ4v) is 20.6. The number of carbonyl (C=O) groups excluding carboxylic acids is 5. The summed E-state index contributed by atoms with van der Waals surface area (Å²) < 4.78 is 47.8. The molecule has 0 spiro atoms. The number of fused-ring (bicyclic) bond motifs is 10. The van der Waals surface area contributed by atoms with Crippen molar-refractivity contribution < 1.29 is 72.1 Å². The Kier molecular flexibility index (Phi) is 28.3. The van der Waals surface area contributed by atoms with Crippen LogP contribution in [0.2, 0.25) is 0 Å². The predicted octanol–water partition coefficient (Wildman–Crippen LogP) is 16.7. The molecule has 29 nitrogen and oxygen atoms in total. The lowest BCUT2D eigenvalue weighted by Gasteiger charge is -2.28. The number of nitrogens with one attached hydrogen (secondary N) is 6. The zero-order chi connectivity index (χ0) is 97.6. The van der Waals surface area contributed by atoms with Crippen LogP contribution in [0.1, 0.15) is 144 Å². The third-order valence-electron chi connectivity index (χ3n) is 27.9.